The van der Waals surface area contributed by atoms with Gasteiger partial charge in [-0.05, 0) is 38.9 Å². The molecule has 1 unspecified atom stereocenters. The number of hydrogen-bond acceptors (Lipinski definition) is 3. The Labute approximate surface area is 96.9 Å². The van der Waals surface area contributed by atoms with E-state index in [1.807, 2.05) is 31.2 Å². The highest BCUT2D eigenvalue weighted by Crippen LogP contribution is 2.24. The van der Waals surface area contributed by atoms with Crippen LogP contribution in [-0.4, -0.2) is 24.2 Å². The van der Waals surface area contributed by atoms with E-state index in [1.165, 1.54) is 0 Å². The predicted molar refractivity (Wildman–Crippen MR) is 66.6 cm³/mol. The molecule has 3 N–H and O–H groups in total. The third-order valence-corrected chi connectivity index (χ3v) is 3.11. The molecule has 16 heavy (non-hydrogen) atoms. The molecule has 1 aliphatic heterocycles. The van der Waals surface area contributed by atoms with Crippen molar-refractivity contribution in [2.24, 2.45) is 0 Å². The van der Waals surface area contributed by atoms with Gasteiger partial charge in [-0.25, -0.2) is 0 Å². The van der Waals surface area contributed by atoms with Crippen LogP contribution in [0.1, 0.15) is 31.4 Å². The highest BCUT2D eigenvalue weighted by molar-refractivity contribution is 5.52. The monoisotopic (exact) mass is 220 g/mol. The number of hydrogen-bond donors (Lipinski definition) is 3. The number of aliphatic hydroxyl groups excluding tert-OH is 1. The molecule has 0 radical (unpaired) electrons. The van der Waals surface area contributed by atoms with Gasteiger partial charge in [0.25, 0.3) is 0 Å². The summed E-state index contributed by atoms with van der Waals surface area (Å²) in [6.45, 7) is 3.96. The van der Waals surface area contributed by atoms with Crippen molar-refractivity contribution in [3.8, 4) is 0 Å². The lowest BCUT2D eigenvalue weighted by Gasteiger charge is -2.26. The van der Waals surface area contributed by atoms with Gasteiger partial charge in [-0.2, -0.15) is 0 Å². The lowest BCUT2D eigenvalue weighted by molar-refractivity contribution is 0.200. The van der Waals surface area contributed by atoms with E-state index >= 15 is 0 Å². The van der Waals surface area contributed by atoms with Gasteiger partial charge in [-0.1, -0.05) is 18.2 Å². The summed E-state index contributed by atoms with van der Waals surface area (Å²) in [4.78, 5) is 0. The molecule has 1 atom stereocenters. The summed E-state index contributed by atoms with van der Waals surface area (Å²) in [6, 6.07) is 8.53. The van der Waals surface area contributed by atoms with Gasteiger partial charge in [0.15, 0.2) is 0 Å². The quantitative estimate of drug-likeness (QED) is 0.729. The average Bonchev–Trinajstić information content (AvgIpc) is 2.31. The zero-order chi connectivity index (χ0) is 11.4. The standard InChI is InChI=1S/C13H20N2O/c1-10(16)12-4-2-3-5-13(12)15-11-6-8-14-9-7-11/h2-5,10-11,14-16H,6-9H2,1H3. The van der Waals surface area contributed by atoms with E-state index in [0.717, 1.165) is 37.2 Å². The van der Waals surface area contributed by atoms with Crippen molar-refractivity contribution in [1.82, 2.24) is 5.32 Å². The Balaban J connectivity index is 2.07. The summed E-state index contributed by atoms with van der Waals surface area (Å²) in [5, 5.41) is 16.6. The maximum Gasteiger partial charge on any atom is 0.0781 e. The molecule has 0 aromatic heterocycles. The summed E-state index contributed by atoms with van der Waals surface area (Å²) >= 11 is 0. The summed E-state index contributed by atoms with van der Waals surface area (Å²) in [7, 11) is 0. The summed E-state index contributed by atoms with van der Waals surface area (Å²) < 4.78 is 0. The van der Waals surface area contributed by atoms with E-state index in [1.54, 1.807) is 0 Å². The van der Waals surface area contributed by atoms with Crippen LogP contribution in [0, 0.1) is 0 Å². The minimum atomic E-state index is -0.412. The Morgan fingerprint density at radius 3 is 2.69 bits per heavy atom. The number of aliphatic hydroxyl groups is 1. The maximum atomic E-state index is 9.68. The molecule has 88 valence electrons. The third-order valence-electron chi connectivity index (χ3n) is 3.11. The number of para-hydroxylation sites is 1. The Bertz CT molecular complexity index is 332. The first-order chi connectivity index (χ1) is 7.77. The second-order valence-corrected chi connectivity index (χ2v) is 4.43. The molecule has 0 spiro atoms. The fourth-order valence-electron chi connectivity index (χ4n) is 2.18. The fourth-order valence-corrected chi connectivity index (χ4v) is 2.18. The summed E-state index contributed by atoms with van der Waals surface area (Å²) in [6.07, 6.45) is 1.88. The Hall–Kier alpha value is -1.06. The van der Waals surface area contributed by atoms with Crippen molar-refractivity contribution in [2.75, 3.05) is 18.4 Å². The van der Waals surface area contributed by atoms with Gasteiger partial charge >= 0.3 is 0 Å². The SMILES string of the molecule is CC(O)c1ccccc1NC1CCNCC1. The average molecular weight is 220 g/mol. The second kappa shape index (κ2) is 5.32. The molecule has 1 heterocycles. The Kier molecular flexibility index (Phi) is 3.80. The van der Waals surface area contributed by atoms with Gasteiger partial charge in [0.1, 0.15) is 0 Å². The van der Waals surface area contributed by atoms with Crippen LogP contribution >= 0.6 is 0 Å². The van der Waals surface area contributed by atoms with Crippen molar-refractivity contribution in [3.05, 3.63) is 29.8 Å². The van der Waals surface area contributed by atoms with E-state index in [4.69, 9.17) is 0 Å². The molecular weight excluding hydrogens is 200 g/mol. The van der Waals surface area contributed by atoms with Crippen molar-refractivity contribution in [2.45, 2.75) is 31.9 Å². The van der Waals surface area contributed by atoms with Crippen molar-refractivity contribution in [1.29, 1.82) is 0 Å². The summed E-state index contributed by atoms with van der Waals surface area (Å²) in [5.41, 5.74) is 2.06. The van der Waals surface area contributed by atoms with E-state index in [-0.39, 0.29) is 0 Å². The minimum absolute atomic E-state index is 0.412. The number of rotatable bonds is 3. The first kappa shape index (κ1) is 11.4. The van der Waals surface area contributed by atoms with Crippen LogP contribution in [-0.2, 0) is 0 Å². The minimum Gasteiger partial charge on any atom is -0.389 e. The van der Waals surface area contributed by atoms with Crippen LogP contribution in [0.4, 0.5) is 5.69 Å². The zero-order valence-corrected chi connectivity index (χ0v) is 9.74. The van der Waals surface area contributed by atoms with Crippen LogP contribution in [0.15, 0.2) is 24.3 Å². The molecule has 1 saturated heterocycles. The van der Waals surface area contributed by atoms with Gasteiger partial charge in [-0.15, -0.1) is 0 Å². The molecule has 1 aliphatic rings. The van der Waals surface area contributed by atoms with Crippen LogP contribution in [0.2, 0.25) is 0 Å². The van der Waals surface area contributed by atoms with Gasteiger partial charge in [-0.3, -0.25) is 0 Å². The maximum absolute atomic E-state index is 9.68. The molecule has 0 amide bonds. The third kappa shape index (κ3) is 2.74. The molecule has 1 aromatic carbocycles. The molecule has 2 rings (SSSR count). The number of benzene rings is 1. The van der Waals surface area contributed by atoms with E-state index in [9.17, 15) is 5.11 Å². The Morgan fingerprint density at radius 2 is 2.00 bits per heavy atom. The molecule has 1 aromatic rings. The van der Waals surface area contributed by atoms with Gasteiger partial charge in [0, 0.05) is 17.3 Å². The lowest BCUT2D eigenvalue weighted by Crippen LogP contribution is -2.35. The molecule has 3 heteroatoms. The van der Waals surface area contributed by atoms with E-state index in [2.05, 4.69) is 10.6 Å². The number of piperidine rings is 1. The van der Waals surface area contributed by atoms with Gasteiger partial charge in [0.05, 0.1) is 6.10 Å². The number of anilines is 1. The second-order valence-electron chi connectivity index (χ2n) is 4.43. The van der Waals surface area contributed by atoms with Crippen molar-refractivity contribution in [3.63, 3.8) is 0 Å². The zero-order valence-electron chi connectivity index (χ0n) is 9.74. The fraction of sp³-hybridized carbons (Fsp3) is 0.538. The highest BCUT2D eigenvalue weighted by Gasteiger charge is 2.14. The molecule has 0 bridgehead atoms. The topological polar surface area (TPSA) is 44.3 Å². The van der Waals surface area contributed by atoms with Gasteiger partial charge < -0.3 is 15.7 Å². The highest BCUT2D eigenvalue weighted by atomic mass is 16.3. The molecule has 3 nitrogen and oxygen atoms in total. The molecular formula is C13H20N2O. The lowest BCUT2D eigenvalue weighted by atomic mass is 10.0. The molecule has 0 aliphatic carbocycles. The van der Waals surface area contributed by atoms with Crippen molar-refractivity contribution >= 4 is 5.69 Å². The molecule has 1 fully saturated rings. The van der Waals surface area contributed by atoms with E-state index < -0.39 is 6.10 Å². The van der Waals surface area contributed by atoms with Crippen LogP contribution in [0.3, 0.4) is 0 Å². The first-order valence-electron chi connectivity index (χ1n) is 6.01. The van der Waals surface area contributed by atoms with Crippen LogP contribution in [0.25, 0.3) is 0 Å². The number of nitrogens with one attached hydrogen (secondary N) is 2. The van der Waals surface area contributed by atoms with E-state index in [0.29, 0.717) is 6.04 Å². The van der Waals surface area contributed by atoms with Crippen LogP contribution < -0.4 is 10.6 Å². The predicted octanol–water partition coefficient (Wildman–Crippen LogP) is 1.90. The Morgan fingerprint density at radius 1 is 1.31 bits per heavy atom. The first-order valence-corrected chi connectivity index (χ1v) is 6.01. The van der Waals surface area contributed by atoms with Crippen LogP contribution in [0.5, 0.6) is 0 Å². The molecule has 0 saturated carbocycles. The summed E-state index contributed by atoms with van der Waals surface area (Å²) in [5.74, 6) is 0. The normalized spacial score (nSPS) is 19.4. The van der Waals surface area contributed by atoms with Crippen molar-refractivity contribution < 1.29 is 5.11 Å². The van der Waals surface area contributed by atoms with Gasteiger partial charge in [0.2, 0.25) is 0 Å². The smallest absolute Gasteiger partial charge is 0.0781 e. The largest absolute Gasteiger partial charge is 0.389 e.